The Hall–Kier alpha value is -4.89. The van der Waals surface area contributed by atoms with E-state index in [1.165, 1.54) is 22.4 Å². The molecule has 0 saturated carbocycles. The van der Waals surface area contributed by atoms with Gasteiger partial charge in [0.05, 0.1) is 27.9 Å². The summed E-state index contributed by atoms with van der Waals surface area (Å²) in [6.07, 6.45) is 0. The predicted molar refractivity (Wildman–Crippen MR) is 151 cm³/mol. The Labute approximate surface area is 225 Å². The fourth-order valence-corrected chi connectivity index (χ4v) is 5.57. The van der Waals surface area contributed by atoms with Gasteiger partial charge in [0.25, 0.3) is 5.56 Å². The first-order chi connectivity index (χ1) is 19.2. The molecule has 0 aliphatic rings. The van der Waals surface area contributed by atoms with Crippen LogP contribution in [0.15, 0.2) is 113 Å². The molecular weight excluding hydrogens is 511 g/mol. The third-order valence-corrected chi connectivity index (χ3v) is 7.44. The van der Waals surface area contributed by atoms with Crippen molar-refractivity contribution in [2.45, 2.75) is 10.9 Å². The number of nitrogens with zero attached hydrogens (tertiary/aromatic N) is 6. The van der Waals surface area contributed by atoms with Gasteiger partial charge in [0.15, 0.2) is 10.8 Å². The van der Waals surface area contributed by atoms with Crippen molar-refractivity contribution in [3.63, 3.8) is 0 Å². The van der Waals surface area contributed by atoms with Crippen LogP contribution in [0.5, 0.6) is 0 Å². The lowest BCUT2D eigenvalue weighted by Crippen LogP contribution is -2.24. The molecule has 39 heavy (non-hydrogen) atoms. The molecule has 0 saturated heterocycles. The van der Waals surface area contributed by atoms with Crippen molar-refractivity contribution in [2.75, 3.05) is 0 Å². The molecular formula is C30H19FN6OS. The summed E-state index contributed by atoms with van der Waals surface area (Å²) in [5.74, 6) is 0.851. The quantitative estimate of drug-likeness (QED) is 0.251. The lowest BCUT2D eigenvalue weighted by Gasteiger charge is -2.14. The first-order valence-electron chi connectivity index (χ1n) is 12.3. The Morgan fingerprint density at radius 3 is 2.18 bits per heavy atom. The Kier molecular flexibility index (Phi) is 5.63. The van der Waals surface area contributed by atoms with Crippen LogP contribution in [-0.2, 0) is 5.75 Å². The summed E-state index contributed by atoms with van der Waals surface area (Å²) in [6, 6.07) is 31.0. The summed E-state index contributed by atoms with van der Waals surface area (Å²) in [4.78, 5) is 23.3. The molecule has 0 spiro atoms. The number of thioether (sulfide) groups is 1. The second-order valence-electron chi connectivity index (χ2n) is 8.89. The van der Waals surface area contributed by atoms with Gasteiger partial charge in [-0.15, -0.1) is 10.2 Å². The summed E-state index contributed by atoms with van der Waals surface area (Å²) in [5, 5.41) is 10.9. The zero-order chi connectivity index (χ0) is 26.3. The average Bonchev–Trinajstić information content (AvgIpc) is 3.41. The van der Waals surface area contributed by atoms with E-state index in [-0.39, 0.29) is 17.0 Å². The molecule has 0 aliphatic carbocycles. The van der Waals surface area contributed by atoms with Crippen molar-refractivity contribution < 1.29 is 4.39 Å². The van der Waals surface area contributed by atoms with E-state index in [9.17, 15) is 9.18 Å². The second-order valence-corrected chi connectivity index (χ2v) is 9.83. The van der Waals surface area contributed by atoms with E-state index in [2.05, 4.69) is 10.2 Å². The van der Waals surface area contributed by atoms with Gasteiger partial charge in [0, 0.05) is 10.9 Å². The van der Waals surface area contributed by atoms with E-state index in [4.69, 9.17) is 9.97 Å². The van der Waals surface area contributed by atoms with Gasteiger partial charge in [-0.05, 0) is 36.4 Å². The monoisotopic (exact) mass is 530 g/mol. The molecule has 0 amide bonds. The van der Waals surface area contributed by atoms with E-state index >= 15 is 0 Å². The maximum absolute atomic E-state index is 14.9. The molecule has 4 aromatic carbocycles. The van der Waals surface area contributed by atoms with Gasteiger partial charge in [0.1, 0.15) is 17.5 Å². The van der Waals surface area contributed by atoms with Gasteiger partial charge >= 0.3 is 0 Å². The maximum Gasteiger partial charge on any atom is 0.266 e. The van der Waals surface area contributed by atoms with Crippen molar-refractivity contribution in [1.82, 2.24) is 29.1 Å². The Balaban J connectivity index is 1.40. The predicted octanol–water partition coefficient (Wildman–Crippen LogP) is 6.08. The van der Waals surface area contributed by atoms with Gasteiger partial charge in [-0.1, -0.05) is 78.5 Å². The average molecular weight is 531 g/mol. The van der Waals surface area contributed by atoms with Crippen molar-refractivity contribution in [3.8, 4) is 17.1 Å². The molecule has 7 nitrogen and oxygen atoms in total. The first kappa shape index (κ1) is 23.2. The Morgan fingerprint density at radius 1 is 0.718 bits per heavy atom. The molecule has 0 atom stereocenters. The Morgan fingerprint density at radius 2 is 1.38 bits per heavy atom. The van der Waals surface area contributed by atoms with Crippen molar-refractivity contribution in [1.29, 1.82) is 0 Å². The highest BCUT2D eigenvalue weighted by Gasteiger charge is 2.20. The van der Waals surface area contributed by atoms with Crippen LogP contribution < -0.4 is 5.56 Å². The molecule has 0 N–H and O–H groups in total. The van der Waals surface area contributed by atoms with E-state index in [1.54, 1.807) is 36.4 Å². The fourth-order valence-electron chi connectivity index (χ4n) is 4.72. The lowest BCUT2D eigenvalue weighted by molar-refractivity contribution is 0.613. The zero-order valence-electron chi connectivity index (χ0n) is 20.4. The highest BCUT2D eigenvalue weighted by Crippen LogP contribution is 2.30. The third-order valence-electron chi connectivity index (χ3n) is 6.52. The molecule has 3 heterocycles. The third kappa shape index (κ3) is 3.95. The van der Waals surface area contributed by atoms with Crippen LogP contribution in [0.25, 0.3) is 44.5 Å². The van der Waals surface area contributed by atoms with Crippen LogP contribution in [0.3, 0.4) is 0 Å². The van der Waals surface area contributed by atoms with Gasteiger partial charge in [-0.25, -0.2) is 14.4 Å². The lowest BCUT2D eigenvalue weighted by atomic mass is 10.2. The van der Waals surface area contributed by atoms with E-state index in [0.717, 1.165) is 16.5 Å². The highest BCUT2D eigenvalue weighted by atomic mass is 32.2. The van der Waals surface area contributed by atoms with Gasteiger partial charge in [-0.2, -0.15) is 0 Å². The molecule has 0 radical (unpaired) electrons. The Bertz CT molecular complexity index is 2070. The van der Waals surface area contributed by atoms with Crippen molar-refractivity contribution in [2.24, 2.45) is 0 Å². The van der Waals surface area contributed by atoms with Crippen LogP contribution in [0.1, 0.15) is 5.82 Å². The van der Waals surface area contributed by atoms with E-state index < -0.39 is 5.82 Å². The van der Waals surface area contributed by atoms with Crippen LogP contribution >= 0.6 is 11.8 Å². The highest BCUT2D eigenvalue weighted by molar-refractivity contribution is 7.98. The molecule has 0 aliphatic heterocycles. The molecule has 9 heteroatoms. The second kappa shape index (κ2) is 9.45. The molecule has 188 valence electrons. The van der Waals surface area contributed by atoms with Crippen LogP contribution in [0.2, 0.25) is 0 Å². The van der Waals surface area contributed by atoms with Crippen LogP contribution in [-0.4, -0.2) is 29.1 Å². The summed E-state index contributed by atoms with van der Waals surface area (Å²) >= 11 is 1.36. The smallest absolute Gasteiger partial charge is 0.266 e. The summed E-state index contributed by atoms with van der Waals surface area (Å²) in [6.45, 7) is 0. The van der Waals surface area contributed by atoms with Gasteiger partial charge in [0.2, 0.25) is 0 Å². The van der Waals surface area contributed by atoms with Crippen LogP contribution in [0.4, 0.5) is 4.39 Å². The summed E-state index contributed by atoms with van der Waals surface area (Å²) in [5.41, 5.74) is 2.79. The number of benzene rings is 4. The number of fused-ring (bicyclic) bond motifs is 4. The molecule has 3 aromatic heterocycles. The van der Waals surface area contributed by atoms with Gasteiger partial charge < -0.3 is 0 Å². The number of rotatable bonds is 5. The summed E-state index contributed by atoms with van der Waals surface area (Å²) < 4.78 is 18.2. The van der Waals surface area contributed by atoms with Gasteiger partial charge in [-0.3, -0.25) is 13.8 Å². The minimum atomic E-state index is -0.502. The standard InChI is InChI=1S/C30H19FN6OS/c31-22-14-6-9-17-25(22)36-26(32-24-16-8-5-13-21(24)29(36)38)18-39-30-35-34-28-20-12-4-7-15-23(20)33-27(37(28)30)19-10-2-1-3-11-19/h1-17H,18H2. The van der Waals surface area contributed by atoms with Crippen molar-refractivity contribution >= 4 is 39.2 Å². The minimum Gasteiger partial charge on any atom is -0.268 e. The SMILES string of the molecule is O=c1c2ccccc2nc(CSc2nnc3c4ccccc4nc(-c4ccccc4)n23)n1-c1ccccc1F. The minimum absolute atomic E-state index is 0.153. The topological polar surface area (TPSA) is 78.0 Å². The first-order valence-corrected chi connectivity index (χ1v) is 13.3. The normalized spacial score (nSPS) is 11.5. The zero-order valence-corrected chi connectivity index (χ0v) is 21.2. The number of hydrogen-bond acceptors (Lipinski definition) is 6. The maximum atomic E-state index is 14.9. The van der Waals surface area contributed by atoms with E-state index in [1.807, 2.05) is 65.1 Å². The molecule has 0 unspecified atom stereocenters. The molecule has 0 fully saturated rings. The number of aromatic nitrogens is 6. The number of para-hydroxylation sites is 3. The molecule has 7 rings (SSSR count). The van der Waals surface area contributed by atoms with Crippen LogP contribution in [0, 0.1) is 5.82 Å². The summed E-state index contributed by atoms with van der Waals surface area (Å²) in [7, 11) is 0. The number of hydrogen-bond donors (Lipinski definition) is 0. The van der Waals surface area contributed by atoms with Crippen molar-refractivity contribution in [3.05, 3.63) is 125 Å². The number of halogens is 1. The fraction of sp³-hybridized carbons (Fsp3) is 0.0333. The molecule has 7 aromatic rings. The largest absolute Gasteiger partial charge is 0.268 e. The molecule has 0 bridgehead atoms. The van der Waals surface area contributed by atoms with E-state index in [0.29, 0.717) is 33.4 Å².